The first-order chi connectivity index (χ1) is 6.63. The molecule has 1 rings (SSSR count). The third-order valence-corrected chi connectivity index (χ3v) is 2.09. The lowest BCUT2D eigenvalue weighted by molar-refractivity contribution is 0.475. The van der Waals surface area contributed by atoms with Crippen LogP contribution in [0.2, 0.25) is 5.02 Å². The normalized spacial score (nSPS) is 9.57. The second-order valence-electron chi connectivity index (χ2n) is 2.65. The summed E-state index contributed by atoms with van der Waals surface area (Å²) in [4.78, 5) is 0. The number of phenols is 1. The van der Waals surface area contributed by atoms with Crippen LogP contribution in [0.5, 0.6) is 5.75 Å². The Hall–Kier alpha value is -1.00. The van der Waals surface area contributed by atoms with Gasteiger partial charge in [0.05, 0.1) is 5.02 Å². The van der Waals surface area contributed by atoms with Crippen molar-refractivity contribution >= 4 is 34.6 Å². The smallest absolute Gasteiger partial charge is 0.170 e. The van der Waals surface area contributed by atoms with Gasteiger partial charge >= 0.3 is 0 Å². The topological polar surface area (TPSA) is 44.3 Å². The molecule has 0 aliphatic rings. The zero-order chi connectivity index (χ0) is 10.6. The van der Waals surface area contributed by atoms with Gasteiger partial charge in [-0.1, -0.05) is 11.6 Å². The maximum Gasteiger partial charge on any atom is 0.170 e. The first-order valence-electron chi connectivity index (χ1n) is 4.17. The summed E-state index contributed by atoms with van der Waals surface area (Å²) >= 11 is 10.7. The molecule has 3 nitrogen and oxygen atoms in total. The Morgan fingerprint density at radius 2 is 2.29 bits per heavy atom. The van der Waals surface area contributed by atoms with Gasteiger partial charge in [0.15, 0.2) is 5.11 Å². The molecule has 1 aromatic carbocycles. The number of benzene rings is 1. The molecular formula is C9H11ClN2OS. The van der Waals surface area contributed by atoms with E-state index in [-0.39, 0.29) is 5.75 Å². The molecule has 1 aromatic rings. The van der Waals surface area contributed by atoms with Crippen LogP contribution < -0.4 is 10.6 Å². The minimum Gasteiger partial charge on any atom is -0.506 e. The maximum absolute atomic E-state index is 9.17. The molecule has 0 aliphatic heterocycles. The molecule has 0 bridgehead atoms. The third kappa shape index (κ3) is 3.05. The lowest BCUT2D eigenvalue weighted by atomic mass is 10.3. The minimum absolute atomic E-state index is 0.0617. The van der Waals surface area contributed by atoms with Gasteiger partial charge in [0.25, 0.3) is 0 Å². The minimum atomic E-state index is 0.0617. The average molecular weight is 231 g/mol. The van der Waals surface area contributed by atoms with E-state index >= 15 is 0 Å². The van der Waals surface area contributed by atoms with Gasteiger partial charge in [0, 0.05) is 12.2 Å². The fourth-order valence-corrected chi connectivity index (χ4v) is 1.36. The number of hydrogen-bond donors (Lipinski definition) is 3. The molecule has 0 fully saturated rings. The van der Waals surface area contributed by atoms with E-state index in [0.717, 1.165) is 12.2 Å². The number of rotatable bonds is 2. The summed E-state index contributed by atoms with van der Waals surface area (Å²) in [5, 5.41) is 15.9. The molecule has 0 saturated heterocycles. The highest BCUT2D eigenvalue weighted by Crippen LogP contribution is 2.25. The number of nitrogens with one attached hydrogen (secondary N) is 2. The molecule has 0 aliphatic carbocycles. The van der Waals surface area contributed by atoms with E-state index in [1.54, 1.807) is 12.1 Å². The predicted molar refractivity (Wildman–Crippen MR) is 63.0 cm³/mol. The molecule has 14 heavy (non-hydrogen) atoms. The molecule has 0 atom stereocenters. The van der Waals surface area contributed by atoms with Crippen molar-refractivity contribution in [3.8, 4) is 5.75 Å². The van der Waals surface area contributed by atoms with E-state index in [4.69, 9.17) is 23.8 Å². The van der Waals surface area contributed by atoms with Gasteiger partial charge in [-0.15, -0.1) is 0 Å². The van der Waals surface area contributed by atoms with Crippen molar-refractivity contribution in [2.24, 2.45) is 0 Å². The van der Waals surface area contributed by atoms with Crippen LogP contribution in [0.1, 0.15) is 6.92 Å². The van der Waals surface area contributed by atoms with E-state index in [2.05, 4.69) is 10.6 Å². The average Bonchev–Trinajstić information content (AvgIpc) is 2.12. The van der Waals surface area contributed by atoms with Crippen LogP contribution >= 0.6 is 23.8 Å². The SMILES string of the molecule is CCNC(=S)Nc1ccc(O)c(Cl)c1. The molecule has 0 heterocycles. The van der Waals surface area contributed by atoms with E-state index in [9.17, 15) is 5.11 Å². The molecule has 3 N–H and O–H groups in total. The Morgan fingerprint density at radius 1 is 1.57 bits per heavy atom. The van der Waals surface area contributed by atoms with Crippen molar-refractivity contribution in [3.63, 3.8) is 0 Å². The van der Waals surface area contributed by atoms with Crippen LogP contribution in [0, 0.1) is 0 Å². The largest absolute Gasteiger partial charge is 0.506 e. The Bertz CT molecular complexity index is 344. The maximum atomic E-state index is 9.17. The summed E-state index contributed by atoms with van der Waals surface area (Å²) in [5.41, 5.74) is 0.749. The summed E-state index contributed by atoms with van der Waals surface area (Å²) in [6.07, 6.45) is 0. The van der Waals surface area contributed by atoms with Crippen molar-refractivity contribution in [1.29, 1.82) is 0 Å². The van der Waals surface area contributed by atoms with Crippen LogP contribution in [0.15, 0.2) is 18.2 Å². The van der Waals surface area contributed by atoms with Crippen LogP contribution in [-0.4, -0.2) is 16.8 Å². The predicted octanol–water partition coefficient (Wildman–Crippen LogP) is 2.35. The Labute approximate surface area is 93.1 Å². The fourth-order valence-electron chi connectivity index (χ4n) is 0.920. The number of phenolic OH excluding ortho intramolecular Hbond substituents is 1. The second-order valence-corrected chi connectivity index (χ2v) is 3.47. The first-order valence-corrected chi connectivity index (χ1v) is 4.95. The summed E-state index contributed by atoms with van der Waals surface area (Å²) in [5.74, 6) is 0.0617. The molecule has 76 valence electrons. The van der Waals surface area contributed by atoms with E-state index in [1.165, 1.54) is 6.07 Å². The molecular weight excluding hydrogens is 220 g/mol. The Balaban J connectivity index is 2.68. The highest BCUT2D eigenvalue weighted by Gasteiger charge is 2.00. The van der Waals surface area contributed by atoms with E-state index in [0.29, 0.717) is 10.1 Å². The van der Waals surface area contributed by atoms with Crippen LogP contribution in [0.3, 0.4) is 0 Å². The van der Waals surface area contributed by atoms with Crippen LogP contribution in [0.4, 0.5) is 5.69 Å². The standard InChI is InChI=1S/C9H11ClN2OS/c1-2-11-9(14)12-6-3-4-8(13)7(10)5-6/h3-5,13H,2H2,1H3,(H2,11,12,14). The zero-order valence-electron chi connectivity index (χ0n) is 7.67. The molecule has 0 aromatic heterocycles. The van der Waals surface area contributed by atoms with Crippen molar-refractivity contribution in [2.45, 2.75) is 6.92 Å². The van der Waals surface area contributed by atoms with E-state index in [1.807, 2.05) is 6.92 Å². The molecule has 0 unspecified atom stereocenters. The van der Waals surface area contributed by atoms with Crippen molar-refractivity contribution < 1.29 is 5.11 Å². The van der Waals surface area contributed by atoms with Gasteiger partial charge in [-0.2, -0.15) is 0 Å². The number of anilines is 1. The van der Waals surface area contributed by atoms with Gasteiger partial charge in [-0.05, 0) is 37.3 Å². The highest BCUT2D eigenvalue weighted by atomic mass is 35.5. The van der Waals surface area contributed by atoms with Gasteiger partial charge in [0.1, 0.15) is 5.75 Å². The van der Waals surface area contributed by atoms with Crippen molar-refractivity contribution in [1.82, 2.24) is 5.32 Å². The quantitative estimate of drug-likeness (QED) is 0.539. The monoisotopic (exact) mass is 230 g/mol. The van der Waals surface area contributed by atoms with Crippen molar-refractivity contribution in [3.05, 3.63) is 23.2 Å². The fraction of sp³-hybridized carbons (Fsp3) is 0.222. The number of halogens is 1. The first kappa shape index (κ1) is 11.1. The Morgan fingerprint density at radius 3 is 2.86 bits per heavy atom. The molecule has 0 amide bonds. The molecule has 0 radical (unpaired) electrons. The molecule has 0 spiro atoms. The van der Waals surface area contributed by atoms with Crippen molar-refractivity contribution in [2.75, 3.05) is 11.9 Å². The number of thiocarbonyl (C=S) groups is 1. The van der Waals surface area contributed by atoms with Gasteiger partial charge in [-0.25, -0.2) is 0 Å². The number of aromatic hydroxyl groups is 1. The summed E-state index contributed by atoms with van der Waals surface area (Å²) < 4.78 is 0. The van der Waals surface area contributed by atoms with Crippen LogP contribution in [-0.2, 0) is 0 Å². The molecule has 0 saturated carbocycles. The Kier molecular flexibility index (Phi) is 3.98. The molecule has 5 heteroatoms. The summed E-state index contributed by atoms with van der Waals surface area (Å²) in [6.45, 7) is 2.72. The lowest BCUT2D eigenvalue weighted by Crippen LogP contribution is -2.27. The number of hydrogen-bond acceptors (Lipinski definition) is 2. The lowest BCUT2D eigenvalue weighted by Gasteiger charge is -2.09. The van der Waals surface area contributed by atoms with Gasteiger partial charge in [-0.3, -0.25) is 0 Å². The van der Waals surface area contributed by atoms with Gasteiger partial charge in [0.2, 0.25) is 0 Å². The summed E-state index contributed by atoms with van der Waals surface area (Å²) in [6, 6.07) is 4.82. The highest BCUT2D eigenvalue weighted by molar-refractivity contribution is 7.80. The van der Waals surface area contributed by atoms with E-state index < -0.39 is 0 Å². The summed E-state index contributed by atoms with van der Waals surface area (Å²) in [7, 11) is 0. The third-order valence-electron chi connectivity index (χ3n) is 1.54. The zero-order valence-corrected chi connectivity index (χ0v) is 9.25. The second kappa shape index (κ2) is 5.02. The van der Waals surface area contributed by atoms with Crippen LogP contribution in [0.25, 0.3) is 0 Å². The van der Waals surface area contributed by atoms with Gasteiger partial charge < -0.3 is 15.7 Å².